The van der Waals surface area contributed by atoms with Crippen LogP contribution in [0.15, 0.2) is 54.7 Å². The Morgan fingerprint density at radius 3 is 2.75 bits per heavy atom. The van der Waals surface area contributed by atoms with Gasteiger partial charge in [-0.3, -0.25) is 9.78 Å². The molecule has 0 radical (unpaired) electrons. The van der Waals surface area contributed by atoms with E-state index in [0.29, 0.717) is 18.8 Å². The molecule has 0 bridgehead atoms. The monoisotopic (exact) mass is 430 g/mol. The van der Waals surface area contributed by atoms with Crippen LogP contribution in [0.3, 0.4) is 0 Å². The van der Waals surface area contributed by atoms with Gasteiger partial charge in [0.15, 0.2) is 0 Å². The van der Waals surface area contributed by atoms with Crippen LogP contribution in [-0.4, -0.2) is 33.9 Å². The number of nitrogens with zero attached hydrogens (tertiary/aromatic N) is 3. The lowest BCUT2D eigenvalue weighted by Crippen LogP contribution is -2.31. The first-order valence-electron chi connectivity index (χ1n) is 11.2. The SMILES string of the molecule is CCOCc1ccc(C(=O)N2CCCC2c2cc(Nc3ncccc3C)cc(C)n2)cc1. The van der Waals surface area contributed by atoms with E-state index >= 15 is 0 Å². The van der Waals surface area contributed by atoms with Crippen molar-refractivity contribution in [3.8, 4) is 0 Å². The Bertz CT molecular complexity index is 1080. The quantitative estimate of drug-likeness (QED) is 0.547. The second-order valence-electron chi connectivity index (χ2n) is 8.21. The van der Waals surface area contributed by atoms with Gasteiger partial charge < -0.3 is 15.0 Å². The number of likely N-dealkylation sites (tertiary alicyclic amines) is 1. The van der Waals surface area contributed by atoms with Gasteiger partial charge in [0.05, 0.1) is 18.3 Å². The summed E-state index contributed by atoms with van der Waals surface area (Å²) in [6.45, 7) is 7.97. The molecule has 1 aromatic carbocycles. The van der Waals surface area contributed by atoms with Crippen molar-refractivity contribution >= 4 is 17.4 Å². The van der Waals surface area contributed by atoms with E-state index in [9.17, 15) is 4.79 Å². The van der Waals surface area contributed by atoms with Crippen LogP contribution < -0.4 is 5.32 Å². The molecular weight excluding hydrogens is 400 g/mol. The number of aromatic nitrogens is 2. The third-order valence-electron chi connectivity index (χ3n) is 5.77. The molecule has 32 heavy (non-hydrogen) atoms. The van der Waals surface area contributed by atoms with Gasteiger partial charge in [0, 0.05) is 36.3 Å². The number of nitrogens with one attached hydrogen (secondary N) is 1. The predicted molar refractivity (Wildman–Crippen MR) is 126 cm³/mol. The zero-order valence-corrected chi connectivity index (χ0v) is 19.0. The molecule has 3 aromatic rings. The van der Waals surface area contributed by atoms with E-state index in [1.165, 1.54) is 0 Å². The van der Waals surface area contributed by atoms with Gasteiger partial charge in [0.25, 0.3) is 5.91 Å². The summed E-state index contributed by atoms with van der Waals surface area (Å²) in [5.74, 6) is 0.879. The van der Waals surface area contributed by atoms with Crippen molar-refractivity contribution in [2.45, 2.75) is 46.3 Å². The lowest BCUT2D eigenvalue weighted by molar-refractivity contribution is 0.0732. The van der Waals surface area contributed by atoms with Crippen LogP contribution in [0.25, 0.3) is 0 Å². The van der Waals surface area contributed by atoms with Gasteiger partial charge in [-0.05, 0) is 75.1 Å². The Balaban J connectivity index is 1.54. The summed E-state index contributed by atoms with van der Waals surface area (Å²) >= 11 is 0. The maximum Gasteiger partial charge on any atom is 0.254 e. The summed E-state index contributed by atoms with van der Waals surface area (Å²) < 4.78 is 5.45. The van der Waals surface area contributed by atoms with Gasteiger partial charge in [-0.25, -0.2) is 4.98 Å². The molecule has 1 fully saturated rings. The number of benzene rings is 1. The Labute approximate surface area is 189 Å². The number of hydrogen-bond acceptors (Lipinski definition) is 5. The number of pyridine rings is 2. The zero-order chi connectivity index (χ0) is 22.5. The van der Waals surface area contributed by atoms with E-state index in [-0.39, 0.29) is 11.9 Å². The second kappa shape index (κ2) is 9.92. The summed E-state index contributed by atoms with van der Waals surface area (Å²) in [5.41, 5.74) is 5.62. The van der Waals surface area contributed by atoms with Gasteiger partial charge in [0.2, 0.25) is 0 Å². The highest BCUT2D eigenvalue weighted by Gasteiger charge is 2.32. The van der Waals surface area contributed by atoms with E-state index in [0.717, 1.165) is 53.4 Å². The molecule has 1 aliphatic rings. The highest BCUT2D eigenvalue weighted by atomic mass is 16.5. The Hall–Kier alpha value is -3.25. The van der Waals surface area contributed by atoms with E-state index < -0.39 is 0 Å². The van der Waals surface area contributed by atoms with Gasteiger partial charge >= 0.3 is 0 Å². The Morgan fingerprint density at radius 1 is 1.19 bits per heavy atom. The average Bonchev–Trinajstić information content (AvgIpc) is 3.29. The largest absolute Gasteiger partial charge is 0.377 e. The number of carbonyl (C=O) groups excluding carboxylic acids is 1. The molecule has 1 amide bonds. The molecule has 1 unspecified atom stereocenters. The summed E-state index contributed by atoms with van der Waals surface area (Å²) in [6.07, 6.45) is 3.66. The number of amides is 1. The molecule has 0 saturated carbocycles. The third-order valence-corrected chi connectivity index (χ3v) is 5.77. The highest BCUT2D eigenvalue weighted by molar-refractivity contribution is 5.94. The van der Waals surface area contributed by atoms with E-state index in [2.05, 4.69) is 10.3 Å². The first-order valence-corrected chi connectivity index (χ1v) is 11.2. The van der Waals surface area contributed by atoms with Crippen molar-refractivity contribution in [2.75, 3.05) is 18.5 Å². The van der Waals surface area contributed by atoms with E-state index in [1.54, 1.807) is 6.20 Å². The maximum absolute atomic E-state index is 13.3. The summed E-state index contributed by atoms with van der Waals surface area (Å²) in [7, 11) is 0. The molecule has 1 saturated heterocycles. The van der Waals surface area contributed by atoms with Crippen molar-refractivity contribution in [3.63, 3.8) is 0 Å². The number of carbonyl (C=O) groups is 1. The minimum Gasteiger partial charge on any atom is -0.377 e. The first kappa shape index (κ1) is 22.0. The lowest BCUT2D eigenvalue weighted by Gasteiger charge is -2.25. The van der Waals surface area contributed by atoms with E-state index in [4.69, 9.17) is 9.72 Å². The zero-order valence-electron chi connectivity index (χ0n) is 19.0. The van der Waals surface area contributed by atoms with Crippen LogP contribution in [0, 0.1) is 13.8 Å². The fourth-order valence-corrected chi connectivity index (χ4v) is 4.14. The normalized spacial score (nSPS) is 15.7. The van der Waals surface area contributed by atoms with Gasteiger partial charge in [-0.1, -0.05) is 18.2 Å². The van der Waals surface area contributed by atoms with Crippen molar-refractivity contribution in [3.05, 3.63) is 82.8 Å². The van der Waals surface area contributed by atoms with Crippen LogP contribution >= 0.6 is 0 Å². The lowest BCUT2D eigenvalue weighted by atomic mass is 10.1. The molecular formula is C26H30N4O2. The van der Waals surface area contributed by atoms with Crippen LogP contribution in [-0.2, 0) is 11.3 Å². The van der Waals surface area contributed by atoms with E-state index in [1.807, 2.05) is 74.2 Å². The molecule has 1 atom stereocenters. The molecule has 1 aliphatic heterocycles. The van der Waals surface area contributed by atoms with Crippen LogP contribution in [0.2, 0.25) is 0 Å². The second-order valence-corrected chi connectivity index (χ2v) is 8.21. The standard InChI is InChI=1S/C26H30N4O2/c1-4-32-17-20-9-11-21(12-10-20)26(31)30-14-6-8-24(30)23-16-22(15-19(3)28-23)29-25-18(2)7-5-13-27-25/h5,7,9-13,15-16,24H,4,6,8,14,17H2,1-3H3,(H,27,28,29). The molecule has 1 N–H and O–H groups in total. The molecule has 6 nitrogen and oxygen atoms in total. The predicted octanol–water partition coefficient (Wildman–Crippen LogP) is 5.35. The number of hydrogen-bond donors (Lipinski definition) is 1. The van der Waals surface area contributed by atoms with Crippen molar-refractivity contribution in [2.24, 2.45) is 0 Å². The number of anilines is 2. The Morgan fingerprint density at radius 2 is 2.00 bits per heavy atom. The summed E-state index contributed by atoms with van der Waals surface area (Å²) in [4.78, 5) is 24.5. The molecule has 166 valence electrons. The summed E-state index contributed by atoms with van der Waals surface area (Å²) in [6, 6.07) is 15.7. The van der Waals surface area contributed by atoms with Gasteiger partial charge in [-0.2, -0.15) is 0 Å². The first-order chi connectivity index (χ1) is 15.5. The molecule has 3 heterocycles. The third kappa shape index (κ3) is 4.97. The molecule has 0 aliphatic carbocycles. The minimum atomic E-state index is -0.0316. The van der Waals surface area contributed by atoms with Crippen LogP contribution in [0.1, 0.15) is 58.7 Å². The highest BCUT2D eigenvalue weighted by Crippen LogP contribution is 2.34. The fourth-order valence-electron chi connectivity index (χ4n) is 4.14. The van der Waals surface area contributed by atoms with Crippen molar-refractivity contribution in [1.82, 2.24) is 14.9 Å². The molecule has 4 rings (SSSR count). The maximum atomic E-state index is 13.3. The number of ether oxygens (including phenoxy) is 1. The molecule has 6 heteroatoms. The van der Waals surface area contributed by atoms with Crippen molar-refractivity contribution < 1.29 is 9.53 Å². The number of aryl methyl sites for hydroxylation is 2. The van der Waals surface area contributed by atoms with Crippen molar-refractivity contribution in [1.29, 1.82) is 0 Å². The molecule has 0 spiro atoms. The summed E-state index contributed by atoms with van der Waals surface area (Å²) in [5, 5.41) is 3.41. The topological polar surface area (TPSA) is 67.3 Å². The van der Waals surface area contributed by atoms with Crippen LogP contribution in [0.4, 0.5) is 11.5 Å². The fraction of sp³-hybridized carbons (Fsp3) is 0.346. The average molecular weight is 431 g/mol. The molecule has 2 aromatic heterocycles. The number of rotatable bonds is 7. The smallest absolute Gasteiger partial charge is 0.254 e. The van der Waals surface area contributed by atoms with Gasteiger partial charge in [0.1, 0.15) is 5.82 Å². The Kier molecular flexibility index (Phi) is 6.81. The van der Waals surface area contributed by atoms with Crippen LogP contribution in [0.5, 0.6) is 0 Å². The minimum absolute atomic E-state index is 0.0316. The van der Waals surface area contributed by atoms with Gasteiger partial charge in [-0.15, -0.1) is 0 Å².